The summed E-state index contributed by atoms with van der Waals surface area (Å²) in [5.74, 6) is 1.41. The lowest BCUT2D eigenvalue weighted by atomic mass is 10.2. The Hall–Kier alpha value is -1.40. The summed E-state index contributed by atoms with van der Waals surface area (Å²) in [5, 5.41) is 3.49. The lowest BCUT2D eigenvalue weighted by Crippen LogP contribution is -2.19. The highest BCUT2D eigenvalue weighted by Crippen LogP contribution is 2.27. The van der Waals surface area contributed by atoms with E-state index in [0.29, 0.717) is 28.8 Å². The van der Waals surface area contributed by atoms with Gasteiger partial charge in [-0.3, -0.25) is 4.79 Å². The summed E-state index contributed by atoms with van der Waals surface area (Å²) in [6.45, 7) is 1.68. The number of nitrogens with one attached hydrogen (secondary N) is 1. The topological polar surface area (TPSA) is 73.6 Å². The standard InChI is InChI=1S/C15H22N2O3S/c1-19-14-10-11(16)2-3-13(14)17-15(18)6-9-21-12-4-7-20-8-5-12/h2-3,10,12H,4-9,16H2,1H3,(H,17,18). The Balaban J connectivity index is 1.76. The molecule has 0 saturated carbocycles. The Morgan fingerprint density at radius 3 is 2.95 bits per heavy atom. The SMILES string of the molecule is COc1cc(N)ccc1NC(=O)CCSC1CCOCC1. The molecule has 5 nitrogen and oxygen atoms in total. The van der Waals surface area contributed by atoms with E-state index < -0.39 is 0 Å². The molecule has 0 unspecified atom stereocenters. The van der Waals surface area contributed by atoms with Crippen LogP contribution in [0.4, 0.5) is 11.4 Å². The molecule has 2 rings (SSSR count). The van der Waals surface area contributed by atoms with Crippen LogP contribution in [0.1, 0.15) is 19.3 Å². The second kappa shape index (κ2) is 8.14. The molecule has 1 saturated heterocycles. The van der Waals surface area contributed by atoms with E-state index in [9.17, 15) is 4.79 Å². The van der Waals surface area contributed by atoms with Crippen molar-refractivity contribution in [3.63, 3.8) is 0 Å². The first-order valence-corrected chi connectivity index (χ1v) is 8.16. The van der Waals surface area contributed by atoms with E-state index in [2.05, 4.69) is 5.32 Å². The molecule has 0 aromatic heterocycles. The maximum atomic E-state index is 12.0. The van der Waals surface area contributed by atoms with E-state index in [1.807, 2.05) is 11.8 Å². The van der Waals surface area contributed by atoms with Gasteiger partial charge in [-0.05, 0) is 25.0 Å². The number of rotatable bonds is 6. The Morgan fingerprint density at radius 2 is 2.24 bits per heavy atom. The van der Waals surface area contributed by atoms with E-state index in [1.54, 1.807) is 25.3 Å². The van der Waals surface area contributed by atoms with Gasteiger partial charge >= 0.3 is 0 Å². The summed E-state index contributed by atoms with van der Waals surface area (Å²) in [5.41, 5.74) is 6.96. The third-order valence-corrected chi connectivity index (χ3v) is 4.73. The molecule has 3 N–H and O–H groups in total. The highest BCUT2D eigenvalue weighted by molar-refractivity contribution is 7.99. The lowest BCUT2D eigenvalue weighted by Gasteiger charge is -2.21. The van der Waals surface area contributed by atoms with Gasteiger partial charge in [0.25, 0.3) is 0 Å². The summed E-state index contributed by atoms with van der Waals surface area (Å²) in [6.07, 6.45) is 2.66. The second-order valence-electron chi connectivity index (χ2n) is 4.94. The van der Waals surface area contributed by atoms with Gasteiger partial charge in [-0.25, -0.2) is 0 Å². The second-order valence-corrected chi connectivity index (χ2v) is 6.35. The smallest absolute Gasteiger partial charge is 0.225 e. The third kappa shape index (κ3) is 5.13. The van der Waals surface area contributed by atoms with Crippen LogP contribution in [0.25, 0.3) is 0 Å². The zero-order chi connectivity index (χ0) is 15.1. The van der Waals surface area contributed by atoms with Crippen molar-refractivity contribution < 1.29 is 14.3 Å². The van der Waals surface area contributed by atoms with E-state index >= 15 is 0 Å². The van der Waals surface area contributed by atoms with Crippen LogP contribution >= 0.6 is 11.8 Å². The molecule has 0 bridgehead atoms. The normalized spacial score (nSPS) is 15.7. The molecule has 1 amide bonds. The van der Waals surface area contributed by atoms with Crippen LogP contribution in [0.2, 0.25) is 0 Å². The van der Waals surface area contributed by atoms with Crippen LogP contribution < -0.4 is 15.8 Å². The predicted molar refractivity (Wildman–Crippen MR) is 87.0 cm³/mol. The molecular weight excluding hydrogens is 288 g/mol. The van der Waals surface area contributed by atoms with Crippen molar-refractivity contribution in [3.05, 3.63) is 18.2 Å². The average Bonchev–Trinajstić information content (AvgIpc) is 2.50. The van der Waals surface area contributed by atoms with Gasteiger partial charge in [0.15, 0.2) is 0 Å². The molecule has 0 spiro atoms. The minimum Gasteiger partial charge on any atom is -0.494 e. The molecule has 0 radical (unpaired) electrons. The van der Waals surface area contributed by atoms with Crippen LogP contribution in [0.3, 0.4) is 0 Å². The number of methoxy groups -OCH3 is 1. The minimum absolute atomic E-state index is 0.00219. The molecule has 0 aliphatic carbocycles. The third-order valence-electron chi connectivity index (χ3n) is 3.35. The summed E-state index contributed by atoms with van der Waals surface area (Å²) < 4.78 is 10.5. The molecule has 1 fully saturated rings. The average molecular weight is 310 g/mol. The fourth-order valence-electron chi connectivity index (χ4n) is 2.18. The van der Waals surface area contributed by atoms with Gasteiger partial charge in [-0.2, -0.15) is 11.8 Å². The molecule has 0 atom stereocenters. The van der Waals surface area contributed by atoms with Crippen molar-refractivity contribution in [2.24, 2.45) is 0 Å². The predicted octanol–water partition coefficient (Wildman–Crippen LogP) is 2.52. The fourth-order valence-corrected chi connectivity index (χ4v) is 3.35. The van der Waals surface area contributed by atoms with Crippen molar-refractivity contribution in [1.82, 2.24) is 0 Å². The fraction of sp³-hybridized carbons (Fsp3) is 0.533. The summed E-state index contributed by atoms with van der Waals surface area (Å²) >= 11 is 1.86. The molecular formula is C15H22N2O3S. The maximum absolute atomic E-state index is 12.0. The highest BCUT2D eigenvalue weighted by atomic mass is 32.2. The maximum Gasteiger partial charge on any atom is 0.225 e. The zero-order valence-corrected chi connectivity index (χ0v) is 13.1. The number of carbonyl (C=O) groups excluding carboxylic acids is 1. The van der Waals surface area contributed by atoms with Crippen LogP contribution in [-0.4, -0.2) is 37.2 Å². The van der Waals surface area contributed by atoms with E-state index in [0.717, 1.165) is 31.8 Å². The number of thioether (sulfide) groups is 1. The van der Waals surface area contributed by atoms with Gasteiger partial charge in [0, 0.05) is 42.4 Å². The monoisotopic (exact) mass is 310 g/mol. The minimum atomic E-state index is -0.00219. The number of carbonyl (C=O) groups is 1. The largest absolute Gasteiger partial charge is 0.494 e. The molecule has 1 aromatic rings. The summed E-state index contributed by atoms with van der Waals surface area (Å²) in [4.78, 5) is 12.0. The number of hydrogen-bond acceptors (Lipinski definition) is 5. The molecule has 1 aliphatic heterocycles. The van der Waals surface area contributed by atoms with Gasteiger partial charge in [0.05, 0.1) is 12.8 Å². The molecule has 1 aliphatic rings. The number of anilines is 2. The van der Waals surface area contributed by atoms with E-state index in [1.165, 1.54) is 0 Å². The highest BCUT2D eigenvalue weighted by Gasteiger charge is 2.15. The van der Waals surface area contributed by atoms with Crippen LogP contribution in [0, 0.1) is 0 Å². The first kappa shape index (κ1) is 16.0. The summed E-state index contributed by atoms with van der Waals surface area (Å²) in [6, 6.07) is 5.21. The van der Waals surface area contributed by atoms with E-state index in [-0.39, 0.29) is 5.91 Å². The lowest BCUT2D eigenvalue weighted by molar-refractivity contribution is -0.115. The molecule has 21 heavy (non-hydrogen) atoms. The Morgan fingerprint density at radius 1 is 1.48 bits per heavy atom. The molecule has 1 heterocycles. The van der Waals surface area contributed by atoms with Gasteiger partial charge in [-0.15, -0.1) is 0 Å². The first-order valence-electron chi connectivity index (χ1n) is 7.11. The Kier molecular flexibility index (Phi) is 6.20. The molecule has 116 valence electrons. The molecule has 6 heteroatoms. The van der Waals surface area contributed by atoms with Crippen molar-refractivity contribution >= 4 is 29.0 Å². The zero-order valence-electron chi connectivity index (χ0n) is 12.3. The van der Waals surface area contributed by atoms with Gasteiger partial charge < -0.3 is 20.5 Å². The summed E-state index contributed by atoms with van der Waals surface area (Å²) in [7, 11) is 1.56. The van der Waals surface area contributed by atoms with Crippen LogP contribution in [0.15, 0.2) is 18.2 Å². The van der Waals surface area contributed by atoms with Crippen molar-refractivity contribution in [2.75, 3.05) is 37.1 Å². The van der Waals surface area contributed by atoms with Crippen LogP contribution in [-0.2, 0) is 9.53 Å². The van der Waals surface area contributed by atoms with Crippen LogP contribution in [0.5, 0.6) is 5.75 Å². The van der Waals surface area contributed by atoms with Gasteiger partial charge in [0.2, 0.25) is 5.91 Å². The number of ether oxygens (including phenoxy) is 2. The molecule has 1 aromatic carbocycles. The first-order chi connectivity index (χ1) is 10.2. The van der Waals surface area contributed by atoms with Gasteiger partial charge in [0.1, 0.15) is 5.75 Å². The van der Waals surface area contributed by atoms with Crippen molar-refractivity contribution in [2.45, 2.75) is 24.5 Å². The number of hydrogen-bond donors (Lipinski definition) is 2. The van der Waals surface area contributed by atoms with Gasteiger partial charge in [-0.1, -0.05) is 0 Å². The van der Waals surface area contributed by atoms with E-state index in [4.69, 9.17) is 15.2 Å². The van der Waals surface area contributed by atoms with Crippen molar-refractivity contribution in [3.8, 4) is 5.75 Å². The Labute approximate surface area is 129 Å². The number of benzene rings is 1. The number of nitrogens with two attached hydrogens (primary N) is 1. The number of amides is 1. The van der Waals surface area contributed by atoms with Crippen molar-refractivity contribution in [1.29, 1.82) is 0 Å². The quantitative estimate of drug-likeness (QED) is 0.790. The Bertz CT molecular complexity index is 476. The number of nitrogen functional groups attached to an aromatic ring is 1.